The molecule has 2 N–H and O–H groups in total. The van der Waals surface area contributed by atoms with Crippen LogP contribution in [0, 0.1) is 12.7 Å². The van der Waals surface area contributed by atoms with Crippen LogP contribution in [0.4, 0.5) is 10.1 Å². The number of carbonyl (C=O) groups is 2. The Bertz CT molecular complexity index is 1610. The van der Waals surface area contributed by atoms with Crippen molar-refractivity contribution >= 4 is 38.5 Å². The number of benzene rings is 3. The summed E-state index contributed by atoms with van der Waals surface area (Å²) in [4.78, 5) is 24.7. The van der Waals surface area contributed by atoms with E-state index in [2.05, 4.69) is 5.32 Å². The van der Waals surface area contributed by atoms with Gasteiger partial charge in [0.25, 0.3) is 0 Å². The molecule has 0 bridgehead atoms. The van der Waals surface area contributed by atoms with Crippen molar-refractivity contribution in [2.45, 2.75) is 24.4 Å². The number of aliphatic carboxylic acids is 1. The average molecular weight is 508 g/mol. The molecule has 1 aromatic heterocycles. The van der Waals surface area contributed by atoms with Crippen molar-refractivity contribution in [1.82, 2.24) is 8.87 Å². The van der Waals surface area contributed by atoms with Crippen LogP contribution in [0.1, 0.15) is 22.9 Å². The number of amides is 1. The summed E-state index contributed by atoms with van der Waals surface area (Å²) in [5.74, 6) is -2.07. The summed E-state index contributed by atoms with van der Waals surface area (Å²) in [5, 5.41) is 12.8. The number of hydrogen-bond acceptors (Lipinski definition) is 4. The Hall–Kier alpha value is -4.02. The SMILES string of the molecule is Cc1c(C2c3ccccc3S(=O)(=O)N2CC(=O)Nc2ccc(F)cc2)c2ccccc2n1CC(=O)O. The van der Waals surface area contributed by atoms with Crippen LogP contribution < -0.4 is 5.32 Å². The molecule has 36 heavy (non-hydrogen) atoms. The summed E-state index contributed by atoms with van der Waals surface area (Å²) in [5.41, 5.74) is 2.72. The van der Waals surface area contributed by atoms with Crippen LogP contribution in [0.3, 0.4) is 0 Å². The number of carboxylic acids is 1. The molecule has 10 heteroatoms. The summed E-state index contributed by atoms with van der Waals surface area (Å²) in [6.07, 6.45) is 0. The fourth-order valence-corrected chi connectivity index (χ4v) is 6.62. The molecule has 0 radical (unpaired) electrons. The molecule has 2 heterocycles. The minimum absolute atomic E-state index is 0.0963. The van der Waals surface area contributed by atoms with E-state index in [0.29, 0.717) is 33.4 Å². The van der Waals surface area contributed by atoms with Crippen LogP contribution in [-0.4, -0.2) is 40.8 Å². The van der Waals surface area contributed by atoms with Crippen molar-refractivity contribution in [2.24, 2.45) is 0 Å². The Balaban J connectivity index is 1.64. The lowest BCUT2D eigenvalue weighted by molar-refractivity contribution is -0.137. The minimum Gasteiger partial charge on any atom is -0.480 e. The van der Waals surface area contributed by atoms with E-state index in [-0.39, 0.29) is 11.4 Å². The first-order chi connectivity index (χ1) is 17.2. The van der Waals surface area contributed by atoms with Crippen molar-refractivity contribution in [3.63, 3.8) is 0 Å². The molecule has 1 aliphatic heterocycles. The van der Waals surface area contributed by atoms with E-state index in [9.17, 15) is 27.5 Å². The molecule has 1 unspecified atom stereocenters. The van der Waals surface area contributed by atoms with E-state index in [0.717, 1.165) is 4.31 Å². The first kappa shape index (κ1) is 23.7. The number of carboxylic acid groups (broad SMARTS) is 1. The van der Waals surface area contributed by atoms with Crippen molar-refractivity contribution in [3.05, 3.63) is 95.4 Å². The van der Waals surface area contributed by atoms with Crippen LogP contribution in [-0.2, 0) is 26.2 Å². The second-order valence-electron chi connectivity index (χ2n) is 8.54. The summed E-state index contributed by atoms with van der Waals surface area (Å²) < 4.78 is 43.3. The number of rotatable bonds is 6. The van der Waals surface area contributed by atoms with Gasteiger partial charge in [0, 0.05) is 27.8 Å². The molecule has 0 fully saturated rings. The van der Waals surface area contributed by atoms with Gasteiger partial charge >= 0.3 is 5.97 Å². The molecule has 0 spiro atoms. The highest BCUT2D eigenvalue weighted by atomic mass is 32.2. The molecule has 1 aliphatic rings. The van der Waals surface area contributed by atoms with E-state index >= 15 is 0 Å². The van der Waals surface area contributed by atoms with Gasteiger partial charge in [0.15, 0.2) is 0 Å². The highest BCUT2D eigenvalue weighted by molar-refractivity contribution is 7.89. The van der Waals surface area contributed by atoms with Crippen molar-refractivity contribution < 1.29 is 27.5 Å². The van der Waals surface area contributed by atoms with Crippen LogP contribution >= 0.6 is 0 Å². The molecule has 0 saturated heterocycles. The Morgan fingerprint density at radius 3 is 2.36 bits per heavy atom. The monoisotopic (exact) mass is 507 g/mol. The standard InChI is InChI=1S/C26H22FN3O5S/c1-16-25(19-6-2-4-8-21(19)29(16)15-24(32)33)26-20-7-3-5-9-22(20)36(34,35)30(26)14-23(31)28-18-12-10-17(27)11-13-18/h2-13,26H,14-15H2,1H3,(H,28,31)(H,32,33). The molecule has 0 aliphatic carbocycles. The molecule has 5 rings (SSSR count). The quantitative estimate of drug-likeness (QED) is 0.411. The lowest BCUT2D eigenvalue weighted by Gasteiger charge is -2.24. The van der Waals surface area contributed by atoms with Gasteiger partial charge in [-0.05, 0) is 48.9 Å². The van der Waals surface area contributed by atoms with Gasteiger partial charge in [-0.3, -0.25) is 9.59 Å². The topological polar surface area (TPSA) is 109 Å². The maximum absolute atomic E-state index is 13.6. The molecular weight excluding hydrogens is 485 g/mol. The van der Waals surface area contributed by atoms with E-state index in [1.165, 1.54) is 30.3 Å². The average Bonchev–Trinajstić information content (AvgIpc) is 3.23. The fraction of sp³-hybridized carbons (Fsp3) is 0.154. The number of aromatic nitrogens is 1. The second-order valence-corrected chi connectivity index (χ2v) is 10.4. The summed E-state index contributed by atoms with van der Waals surface area (Å²) in [6, 6.07) is 18.1. The van der Waals surface area contributed by atoms with Crippen LogP contribution in [0.25, 0.3) is 10.9 Å². The van der Waals surface area contributed by atoms with Gasteiger partial charge in [-0.15, -0.1) is 0 Å². The molecular formula is C26H22FN3O5S. The summed E-state index contributed by atoms with van der Waals surface area (Å²) in [7, 11) is -4.05. The maximum Gasteiger partial charge on any atom is 0.323 e. The Labute approximate surface area is 206 Å². The molecule has 0 saturated carbocycles. The van der Waals surface area contributed by atoms with Gasteiger partial charge in [-0.25, -0.2) is 12.8 Å². The zero-order valence-electron chi connectivity index (χ0n) is 19.2. The Morgan fingerprint density at radius 2 is 1.64 bits per heavy atom. The van der Waals surface area contributed by atoms with Gasteiger partial charge in [0.2, 0.25) is 15.9 Å². The molecule has 1 amide bonds. The smallest absolute Gasteiger partial charge is 0.323 e. The van der Waals surface area contributed by atoms with Gasteiger partial charge in [-0.1, -0.05) is 36.4 Å². The number of anilines is 1. The Morgan fingerprint density at radius 1 is 0.972 bits per heavy atom. The van der Waals surface area contributed by atoms with Crippen molar-refractivity contribution in [1.29, 1.82) is 0 Å². The van der Waals surface area contributed by atoms with Crippen LogP contribution in [0.5, 0.6) is 0 Å². The zero-order chi connectivity index (χ0) is 25.6. The number of para-hydroxylation sites is 1. The molecule has 8 nitrogen and oxygen atoms in total. The third kappa shape index (κ3) is 3.94. The Kier molecular flexibility index (Phi) is 5.85. The first-order valence-electron chi connectivity index (χ1n) is 11.1. The third-order valence-electron chi connectivity index (χ3n) is 6.36. The number of fused-ring (bicyclic) bond motifs is 2. The number of hydrogen-bond donors (Lipinski definition) is 2. The molecule has 184 valence electrons. The number of nitrogens with zero attached hydrogens (tertiary/aromatic N) is 2. The van der Waals surface area contributed by atoms with Gasteiger partial charge in [0.1, 0.15) is 12.4 Å². The van der Waals surface area contributed by atoms with Crippen LogP contribution in [0.15, 0.2) is 77.7 Å². The second kappa shape index (κ2) is 8.89. The number of nitrogens with one attached hydrogen (secondary N) is 1. The summed E-state index contributed by atoms with van der Waals surface area (Å²) >= 11 is 0. The van der Waals surface area contributed by atoms with Crippen molar-refractivity contribution in [2.75, 3.05) is 11.9 Å². The normalized spacial score (nSPS) is 16.7. The molecule has 1 atom stereocenters. The van der Waals surface area contributed by atoms with E-state index in [4.69, 9.17) is 0 Å². The number of halogens is 1. The number of sulfonamides is 1. The maximum atomic E-state index is 13.6. The van der Waals surface area contributed by atoms with E-state index < -0.39 is 40.3 Å². The molecule has 3 aromatic carbocycles. The zero-order valence-corrected chi connectivity index (χ0v) is 20.0. The predicted octanol–water partition coefficient (Wildman–Crippen LogP) is 3.91. The number of carbonyl (C=O) groups excluding carboxylic acids is 1. The van der Waals surface area contributed by atoms with Gasteiger partial charge in [0.05, 0.1) is 17.5 Å². The largest absolute Gasteiger partial charge is 0.480 e. The first-order valence-corrected chi connectivity index (χ1v) is 12.6. The van der Waals surface area contributed by atoms with Crippen LogP contribution in [0.2, 0.25) is 0 Å². The lowest BCUT2D eigenvalue weighted by atomic mass is 9.96. The van der Waals surface area contributed by atoms with Crippen molar-refractivity contribution in [3.8, 4) is 0 Å². The summed E-state index contributed by atoms with van der Waals surface area (Å²) in [6.45, 7) is 0.970. The molecule has 4 aromatic rings. The van der Waals surface area contributed by atoms with Gasteiger partial charge in [-0.2, -0.15) is 4.31 Å². The van der Waals surface area contributed by atoms with E-state index in [1.807, 2.05) is 6.07 Å². The lowest BCUT2D eigenvalue weighted by Crippen LogP contribution is -2.36. The van der Waals surface area contributed by atoms with Gasteiger partial charge < -0.3 is 15.0 Å². The third-order valence-corrected chi connectivity index (χ3v) is 8.25. The highest BCUT2D eigenvalue weighted by Gasteiger charge is 2.46. The fourth-order valence-electron chi connectivity index (χ4n) is 4.85. The predicted molar refractivity (Wildman–Crippen MR) is 132 cm³/mol. The minimum atomic E-state index is -4.05. The highest BCUT2D eigenvalue weighted by Crippen LogP contribution is 2.46. The van der Waals surface area contributed by atoms with E-state index in [1.54, 1.807) is 47.9 Å².